The molecular formula is C20H24N4O2. The first-order chi connectivity index (χ1) is 12.6. The van der Waals surface area contributed by atoms with Gasteiger partial charge in [-0.3, -0.25) is 14.7 Å². The molecule has 2 N–H and O–H groups in total. The van der Waals surface area contributed by atoms with Gasteiger partial charge in [-0.1, -0.05) is 30.3 Å². The van der Waals surface area contributed by atoms with E-state index in [0.29, 0.717) is 16.8 Å². The molecule has 0 radical (unpaired) electrons. The van der Waals surface area contributed by atoms with Crippen molar-refractivity contribution in [1.82, 2.24) is 20.4 Å². The van der Waals surface area contributed by atoms with E-state index in [4.69, 9.17) is 0 Å². The number of aromatic amines is 1. The summed E-state index contributed by atoms with van der Waals surface area (Å²) in [4.78, 5) is 26.9. The van der Waals surface area contributed by atoms with Crippen molar-refractivity contribution in [3.63, 3.8) is 0 Å². The van der Waals surface area contributed by atoms with E-state index in [9.17, 15) is 9.59 Å². The second-order valence-electron chi connectivity index (χ2n) is 7.55. The molecule has 4 rings (SSSR count). The van der Waals surface area contributed by atoms with Crippen LogP contribution in [0.3, 0.4) is 0 Å². The first kappa shape index (κ1) is 16.8. The standard InChI is InChI=1S/C20H24N4O2/c1-14(19(26)24-11-9-20(7-8-20)10-12-24)21-18(25)17-13-16(22-23-17)15-5-3-2-4-6-15/h2-6,13-14H,7-12H2,1H3,(H,21,25)(H,22,23)/t14-/m0/s1. The van der Waals surface area contributed by atoms with Crippen molar-refractivity contribution in [1.29, 1.82) is 0 Å². The predicted octanol–water partition coefficient (Wildman–Crippen LogP) is 2.60. The lowest BCUT2D eigenvalue weighted by atomic mass is 9.93. The molecule has 6 heteroatoms. The fraction of sp³-hybridized carbons (Fsp3) is 0.450. The number of nitrogens with one attached hydrogen (secondary N) is 2. The number of piperidine rings is 1. The Labute approximate surface area is 153 Å². The van der Waals surface area contributed by atoms with Crippen LogP contribution in [0.2, 0.25) is 0 Å². The zero-order chi connectivity index (χ0) is 18.1. The Bertz CT molecular complexity index is 800. The number of likely N-dealkylation sites (tertiary alicyclic amines) is 1. The normalized spacial score (nSPS) is 19.2. The van der Waals surface area contributed by atoms with Crippen molar-refractivity contribution in [2.75, 3.05) is 13.1 Å². The molecule has 6 nitrogen and oxygen atoms in total. The van der Waals surface area contributed by atoms with Crippen LogP contribution in [-0.4, -0.2) is 46.0 Å². The molecule has 1 aromatic heterocycles. The van der Waals surface area contributed by atoms with Crippen LogP contribution in [0.25, 0.3) is 11.3 Å². The number of carbonyl (C=O) groups is 2. The number of benzene rings is 1. The smallest absolute Gasteiger partial charge is 0.269 e. The van der Waals surface area contributed by atoms with Gasteiger partial charge < -0.3 is 10.2 Å². The van der Waals surface area contributed by atoms with E-state index in [0.717, 1.165) is 31.5 Å². The lowest BCUT2D eigenvalue weighted by molar-refractivity contribution is -0.134. The summed E-state index contributed by atoms with van der Waals surface area (Å²) in [7, 11) is 0. The SMILES string of the molecule is C[C@H](NC(=O)c1cc(-c2ccccc2)n[nH]1)C(=O)N1CCC2(CC1)CC2. The summed E-state index contributed by atoms with van der Waals surface area (Å²) in [6.45, 7) is 3.36. The fourth-order valence-corrected chi connectivity index (χ4v) is 3.68. The zero-order valence-electron chi connectivity index (χ0n) is 15.0. The minimum absolute atomic E-state index is 0.00310. The molecule has 1 atom stereocenters. The van der Waals surface area contributed by atoms with Gasteiger partial charge in [0.1, 0.15) is 11.7 Å². The summed E-state index contributed by atoms with van der Waals surface area (Å²) in [5, 5.41) is 9.74. The fourth-order valence-electron chi connectivity index (χ4n) is 3.68. The molecule has 2 aromatic rings. The average Bonchev–Trinajstić information content (AvgIpc) is 3.23. The molecule has 26 heavy (non-hydrogen) atoms. The maximum atomic E-state index is 12.6. The molecule has 2 heterocycles. The zero-order valence-corrected chi connectivity index (χ0v) is 15.0. The van der Waals surface area contributed by atoms with Gasteiger partial charge in [0.15, 0.2) is 0 Å². The van der Waals surface area contributed by atoms with Crippen LogP contribution in [0, 0.1) is 5.41 Å². The molecule has 1 aliphatic carbocycles. The van der Waals surface area contributed by atoms with Crippen LogP contribution in [-0.2, 0) is 4.79 Å². The van der Waals surface area contributed by atoms with Crippen LogP contribution in [0.4, 0.5) is 0 Å². The molecular weight excluding hydrogens is 328 g/mol. The highest BCUT2D eigenvalue weighted by atomic mass is 16.2. The molecule has 1 aromatic carbocycles. The van der Waals surface area contributed by atoms with Crippen LogP contribution >= 0.6 is 0 Å². The monoisotopic (exact) mass is 352 g/mol. The summed E-state index contributed by atoms with van der Waals surface area (Å²) in [6, 6.07) is 10.8. The number of carbonyl (C=O) groups excluding carboxylic acids is 2. The largest absolute Gasteiger partial charge is 0.341 e. The maximum Gasteiger partial charge on any atom is 0.269 e. The van der Waals surface area contributed by atoms with E-state index in [1.165, 1.54) is 12.8 Å². The summed E-state index contributed by atoms with van der Waals surface area (Å²) < 4.78 is 0. The van der Waals surface area contributed by atoms with Gasteiger partial charge in [-0.05, 0) is 44.1 Å². The van der Waals surface area contributed by atoms with E-state index in [1.54, 1.807) is 13.0 Å². The van der Waals surface area contributed by atoms with Gasteiger partial charge in [-0.25, -0.2) is 0 Å². The Hall–Kier alpha value is -2.63. The molecule has 1 spiro atoms. The lowest BCUT2D eigenvalue weighted by Crippen LogP contribution is -2.49. The molecule has 2 aliphatic rings. The van der Waals surface area contributed by atoms with Gasteiger partial charge >= 0.3 is 0 Å². The third-order valence-corrected chi connectivity index (χ3v) is 5.70. The Balaban J connectivity index is 1.35. The number of hydrogen-bond acceptors (Lipinski definition) is 3. The van der Waals surface area contributed by atoms with Crippen molar-refractivity contribution in [3.8, 4) is 11.3 Å². The van der Waals surface area contributed by atoms with Gasteiger partial charge in [-0.15, -0.1) is 0 Å². The third kappa shape index (κ3) is 3.36. The maximum absolute atomic E-state index is 12.6. The molecule has 1 saturated heterocycles. The number of amides is 2. The van der Waals surface area contributed by atoms with E-state index >= 15 is 0 Å². The van der Waals surface area contributed by atoms with Crippen molar-refractivity contribution in [2.24, 2.45) is 5.41 Å². The first-order valence-electron chi connectivity index (χ1n) is 9.27. The van der Waals surface area contributed by atoms with E-state index in [-0.39, 0.29) is 11.8 Å². The van der Waals surface area contributed by atoms with E-state index < -0.39 is 6.04 Å². The number of aromatic nitrogens is 2. The molecule has 0 bridgehead atoms. The van der Waals surface area contributed by atoms with Crippen molar-refractivity contribution < 1.29 is 9.59 Å². The van der Waals surface area contributed by atoms with Crippen molar-refractivity contribution in [2.45, 2.75) is 38.6 Å². The Morgan fingerprint density at radius 3 is 2.50 bits per heavy atom. The van der Waals surface area contributed by atoms with Crippen LogP contribution in [0.1, 0.15) is 43.1 Å². The van der Waals surface area contributed by atoms with E-state index in [1.807, 2.05) is 35.2 Å². The molecule has 2 amide bonds. The van der Waals surface area contributed by atoms with Crippen LogP contribution in [0.15, 0.2) is 36.4 Å². The van der Waals surface area contributed by atoms with Crippen LogP contribution < -0.4 is 5.32 Å². The van der Waals surface area contributed by atoms with Crippen molar-refractivity contribution >= 4 is 11.8 Å². The Morgan fingerprint density at radius 2 is 1.85 bits per heavy atom. The highest BCUT2D eigenvalue weighted by Crippen LogP contribution is 2.53. The van der Waals surface area contributed by atoms with Crippen LogP contribution in [0.5, 0.6) is 0 Å². The Morgan fingerprint density at radius 1 is 1.15 bits per heavy atom. The first-order valence-corrected chi connectivity index (χ1v) is 9.27. The molecule has 2 fully saturated rings. The number of hydrogen-bond donors (Lipinski definition) is 2. The molecule has 1 saturated carbocycles. The summed E-state index contributed by atoms with van der Waals surface area (Å²) in [6.07, 6.45) is 4.82. The Kier molecular flexibility index (Phi) is 4.26. The second-order valence-corrected chi connectivity index (χ2v) is 7.55. The van der Waals surface area contributed by atoms with E-state index in [2.05, 4.69) is 15.5 Å². The minimum Gasteiger partial charge on any atom is -0.341 e. The number of nitrogens with zero attached hydrogens (tertiary/aromatic N) is 2. The molecule has 0 unspecified atom stereocenters. The molecule has 136 valence electrons. The number of H-pyrrole nitrogens is 1. The highest BCUT2D eigenvalue weighted by Gasteiger charge is 2.45. The number of rotatable bonds is 4. The summed E-state index contributed by atoms with van der Waals surface area (Å²) in [5.41, 5.74) is 2.54. The second kappa shape index (κ2) is 6.59. The van der Waals surface area contributed by atoms with Gasteiger partial charge in [-0.2, -0.15) is 5.10 Å². The topological polar surface area (TPSA) is 78.1 Å². The minimum atomic E-state index is -0.542. The van der Waals surface area contributed by atoms with Crippen molar-refractivity contribution in [3.05, 3.63) is 42.1 Å². The average molecular weight is 352 g/mol. The summed E-state index contributed by atoms with van der Waals surface area (Å²) >= 11 is 0. The van der Waals surface area contributed by atoms with Gasteiger partial charge in [0.05, 0.1) is 5.69 Å². The van der Waals surface area contributed by atoms with Gasteiger partial charge in [0, 0.05) is 18.7 Å². The predicted molar refractivity (Wildman–Crippen MR) is 98.4 cm³/mol. The van der Waals surface area contributed by atoms with Gasteiger partial charge in [0.2, 0.25) is 5.91 Å². The summed E-state index contributed by atoms with van der Waals surface area (Å²) in [5.74, 6) is -0.312. The molecule has 1 aliphatic heterocycles. The quantitative estimate of drug-likeness (QED) is 0.888. The highest BCUT2D eigenvalue weighted by molar-refractivity contribution is 5.96. The van der Waals surface area contributed by atoms with Gasteiger partial charge in [0.25, 0.3) is 5.91 Å². The third-order valence-electron chi connectivity index (χ3n) is 5.70. The lowest BCUT2D eigenvalue weighted by Gasteiger charge is -2.33.